The summed E-state index contributed by atoms with van der Waals surface area (Å²) in [5.74, 6) is -0.0856. The molecule has 1 aliphatic rings. The zero-order chi connectivity index (χ0) is 21.8. The van der Waals surface area contributed by atoms with Crippen molar-refractivity contribution in [1.29, 1.82) is 0 Å². The summed E-state index contributed by atoms with van der Waals surface area (Å²) in [5.41, 5.74) is 2.74. The second-order valence-corrected chi connectivity index (χ2v) is 7.14. The smallest absolute Gasteiger partial charge is 0.271 e. The summed E-state index contributed by atoms with van der Waals surface area (Å²) in [6, 6.07) is 10.6. The Morgan fingerprint density at radius 2 is 1.97 bits per heavy atom. The lowest BCUT2D eigenvalue weighted by Gasteiger charge is -2.28. The lowest BCUT2D eigenvalue weighted by Crippen LogP contribution is -2.34. The molecular weight excluding hydrogens is 400 g/mol. The van der Waals surface area contributed by atoms with E-state index in [9.17, 15) is 19.7 Å². The highest BCUT2D eigenvalue weighted by Crippen LogP contribution is 2.20. The number of aromatic nitrogens is 2. The largest absolute Gasteiger partial charge is 0.356 e. The summed E-state index contributed by atoms with van der Waals surface area (Å²) in [4.78, 5) is 42.5. The third kappa shape index (κ3) is 4.27. The highest BCUT2D eigenvalue weighted by Gasteiger charge is 2.19. The van der Waals surface area contributed by atoms with E-state index in [1.54, 1.807) is 18.3 Å². The molecule has 3 heterocycles. The minimum atomic E-state index is -0.617. The van der Waals surface area contributed by atoms with Gasteiger partial charge in [-0.1, -0.05) is 12.1 Å². The average Bonchev–Trinajstić information content (AvgIpc) is 2.81. The van der Waals surface area contributed by atoms with E-state index in [0.29, 0.717) is 11.5 Å². The van der Waals surface area contributed by atoms with E-state index in [0.717, 1.165) is 38.4 Å². The number of non-ortho nitro benzene ring substituents is 1. The molecule has 10 nitrogen and oxygen atoms in total. The molecule has 10 heteroatoms. The van der Waals surface area contributed by atoms with Gasteiger partial charge in [0.2, 0.25) is 0 Å². The summed E-state index contributed by atoms with van der Waals surface area (Å²) in [7, 11) is 0. The Morgan fingerprint density at radius 1 is 1.16 bits per heavy atom. The molecule has 1 aromatic carbocycles. The number of nitrogens with zero attached hydrogens (tertiary/aromatic N) is 5. The summed E-state index contributed by atoms with van der Waals surface area (Å²) < 4.78 is 1.43. The van der Waals surface area contributed by atoms with E-state index < -0.39 is 10.8 Å². The highest BCUT2D eigenvalue weighted by atomic mass is 16.6. The molecule has 1 saturated heterocycles. The van der Waals surface area contributed by atoms with Crippen molar-refractivity contribution in [2.45, 2.75) is 19.3 Å². The Hall–Kier alpha value is -4.08. The standard InChI is InChI=1S/C21H20N6O4/c28-20(15-7-6-8-16(13-15)27(30)31)24-22-14-17-19(25-10-3-1-4-11-25)23-18-9-2-5-12-26(18)21(17)29/h2,5-9,12-14H,1,3-4,10-11H2,(H,24,28). The van der Waals surface area contributed by atoms with Crippen LogP contribution >= 0.6 is 0 Å². The number of pyridine rings is 1. The minimum Gasteiger partial charge on any atom is -0.356 e. The van der Waals surface area contributed by atoms with E-state index in [1.807, 2.05) is 6.07 Å². The van der Waals surface area contributed by atoms with E-state index in [-0.39, 0.29) is 22.4 Å². The molecule has 0 atom stereocenters. The molecule has 31 heavy (non-hydrogen) atoms. The molecule has 2 aromatic heterocycles. The van der Waals surface area contributed by atoms with Gasteiger partial charge in [-0.25, -0.2) is 10.4 Å². The first-order valence-electron chi connectivity index (χ1n) is 9.89. The molecule has 0 spiro atoms. The number of carbonyl (C=O) groups excluding carboxylic acids is 1. The number of hydrogen-bond acceptors (Lipinski definition) is 7. The third-order valence-electron chi connectivity index (χ3n) is 5.08. The maximum atomic E-state index is 13.1. The van der Waals surface area contributed by atoms with Crippen molar-refractivity contribution in [3.05, 3.63) is 80.3 Å². The predicted molar refractivity (Wildman–Crippen MR) is 116 cm³/mol. The van der Waals surface area contributed by atoms with Crippen LogP contribution in [0.2, 0.25) is 0 Å². The van der Waals surface area contributed by atoms with Crippen LogP contribution in [0.25, 0.3) is 5.65 Å². The van der Waals surface area contributed by atoms with Crippen molar-refractivity contribution in [3.63, 3.8) is 0 Å². The van der Waals surface area contributed by atoms with Crippen molar-refractivity contribution >= 4 is 29.3 Å². The van der Waals surface area contributed by atoms with Gasteiger partial charge in [-0.2, -0.15) is 5.10 Å². The number of rotatable bonds is 5. The lowest BCUT2D eigenvalue weighted by atomic mass is 10.1. The van der Waals surface area contributed by atoms with E-state index >= 15 is 0 Å². The van der Waals surface area contributed by atoms with Gasteiger partial charge >= 0.3 is 0 Å². The molecule has 4 rings (SSSR count). The molecule has 0 bridgehead atoms. The zero-order valence-corrected chi connectivity index (χ0v) is 16.6. The Morgan fingerprint density at radius 3 is 2.74 bits per heavy atom. The van der Waals surface area contributed by atoms with Gasteiger partial charge in [-0.05, 0) is 37.5 Å². The second kappa shape index (κ2) is 8.74. The van der Waals surface area contributed by atoms with E-state index in [1.165, 1.54) is 28.8 Å². The van der Waals surface area contributed by atoms with Crippen LogP contribution in [-0.4, -0.2) is 39.5 Å². The van der Waals surface area contributed by atoms with Gasteiger partial charge in [0.15, 0.2) is 0 Å². The number of anilines is 1. The maximum Gasteiger partial charge on any atom is 0.271 e. The molecule has 0 unspecified atom stereocenters. The van der Waals surface area contributed by atoms with Gasteiger partial charge < -0.3 is 4.90 Å². The third-order valence-corrected chi connectivity index (χ3v) is 5.08. The molecular formula is C21H20N6O4. The molecule has 0 saturated carbocycles. The van der Waals surface area contributed by atoms with E-state index in [4.69, 9.17) is 0 Å². The number of nitro groups is 1. The SMILES string of the molecule is O=C(NN=Cc1c(N2CCCCC2)nc2ccccn2c1=O)c1cccc([N+](=O)[O-])c1. The fourth-order valence-corrected chi connectivity index (χ4v) is 3.53. The Labute approximate surface area is 177 Å². The second-order valence-electron chi connectivity index (χ2n) is 7.14. The molecule has 1 N–H and O–H groups in total. The molecule has 158 valence electrons. The van der Waals surface area contributed by atoms with Crippen LogP contribution in [0.4, 0.5) is 11.5 Å². The Bertz CT molecular complexity index is 1230. The fraction of sp³-hybridized carbons (Fsp3) is 0.238. The topological polar surface area (TPSA) is 122 Å². The fourth-order valence-electron chi connectivity index (χ4n) is 3.53. The van der Waals surface area contributed by atoms with Crippen molar-refractivity contribution in [2.75, 3.05) is 18.0 Å². The van der Waals surface area contributed by atoms with Crippen molar-refractivity contribution in [2.24, 2.45) is 5.10 Å². The number of hydrogen-bond donors (Lipinski definition) is 1. The number of amides is 1. The van der Waals surface area contributed by atoms with Crippen LogP contribution in [0.3, 0.4) is 0 Å². The summed E-state index contributed by atoms with van der Waals surface area (Å²) in [6.45, 7) is 1.58. The number of nitrogens with one attached hydrogen (secondary N) is 1. The first kappa shape index (κ1) is 20.2. The van der Waals surface area contributed by atoms with Crippen molar-refractivity contribution in [3.8, 4) is 0 Å². The molecule has 3 aromatic rings. The van der Waals surface area contributed by atoms with Crippen LogP contribution in [0.5, 0.6) is 0 Å². The Kier molecular flexibility index (Phi) is 5.69. The number of hydrazone groups is 1. The van der Waals surface area contributed by atoms with Crippen LogP contribution in [0, 0.1) is 10.1 Å². The summed E-state index contributed by atoms with van der Waals surface area (Å²) >= 11 is 0. The predicted octanol–water partition coefficient (Wildman–Crippen LogP) is 2.36. The molecule has 0 radical (unpaired) electrons. The highest BCUT2D eigenvalue weighted by molar-refractivity contribution is 5.96. The number of nitro benzene ring substituents is 1. The first-order chi connectivity index (χ1) is 15.0. The first-order valence-corrected chi connectivity index (χ1v) is 9.89. The summed E-state index contributed by atoms with van der Waals surface area (Å²) in [6.07, 6.45) is 6.06. The van der Waals surface area contributed by atoms with Gasteiger partial charge in [0.25, 0.3) is 17.2 Å². The van der Waals surface area contributed by atoms with Gasteiger partial charge in [0.1, 0.15) is 17.0 Å². The molecule has 1 fully saturated rings. The Balaban J connectivity index is 1.65. The van der Waals surface area contributed by atoms with Crippen molar-refractivity contribution in [1.82, 2.24) is 14.8 Å². The monoisotopic (exact) mass is 420 g/mol. The van der Waals surface area contributed by atoms with Crippen LogP contribution in [0.1, 0.15) is 35.2 Å². The van der Waals surface area contributed by atoms with Gasteiger partial charge in [-0.15, -0.1) is 0 Å². The maximum absolute atomic E-state index is 13.1. The minimum absolute atomic E-state index is 0.0935. The molecule has 1 amide bonds. The number of carbonyl (C=O) groups is 1. The summed E-state index contributed by atoms with van der Waals surface area (Å²) in [5, 5.41) is 14.8. The van der Waals surface area contributed by atoms with Gasteiger partial charge in [0, 0.05) is 37.0 Å². The normalized spacial score (nSPS) is 14.1. The number of fused-ring (bicyclic) bond motifs is 1. The zero-order valence-electron chi connectivity index (χ0n) is 16.6. The van der Waals surface area contributed by atoms with Crippen molar-refractivity contribution < 1.29 is 9.72 Å². The van der Waals surface area contributed by atoms with Gasteiger partial charge in [-0.3, -0.25) is 24.1 Å². The average molecular weight is 420 g/mol. The number of benzene rings is 1. The van der Waals surface area contributed by atoms with Crippen LogP contribution in [-0.2, 0) is 0 Å². The van der Waals surface area contributed by atoms with Crippen LogP contribution in [0.15, 0.2) is 58.6 Å². The quantitative estimate of drug-likeness (QED) is 0.384. The van der Waals surface area contributed by atoms with E-state index in [2.05, 4.69) is 20.4 Å². The molecule has 0 aliphatic carbocycles. The molecule has 1 aliphatic heterocycles. The van der Waals surface area contributed by atoms with Gasteiger partial charge in [0.05, 0.1) is 11.1 Å². The van der Waals surface area contributed by atoms with Crippen LogP contribution < -0.4 is 15.9 Å². The lowest BCUT2D eigenvalue weighted by molar-refractivity contribution is -0.384. The number of piperidine rings is 1.